The molecule has 1 aromatic carbocycles. The molecular formula is C18H24N2O3S. The Morgan fingerprint density at radius 1 is 1.21 bits per heavy atom. The Kier molecular flexibility index (Phi) is 7.34. The largest absolute Gasteiger partial charge is 0.388 e. The molecule has 1 N–H and O–H groups in total. The van der Waals surface area contributed by atoms with Crippen LogP contribution in [0.25, 0.3) is 6.08 Å². The summed E-state index contributed by atoms with van der Waals surface area (Å²) >= 11 is 1.65. The summed E-state index contributed by atoms with van der Waals surface area (Å²) in [6.45, 7) is 4.58. The van der Waals surface area contributed by atoms with Crippen molar-refractivity contribution in [1.29, 1.82) is 0 Å². The van der Waals surface area contributed by atoms with Crippen molar-refractivity contribution in [2.24, 2.45) is 0 Å². The Bertz CT molecular complexity index is 596. The van der Waals surface area contributed by atoms with E-state index in [1.165, 1.54) is 6.08 Å². The smallest absolute Gasteiger partial charge is 0.232 e. The van der Waals surface area contributed by atoms with Crippen molar-refractivity contribution in [3.8, 4) is 0 Å². The fraction of sp³-hybridized carbons (Fsp3) is 0.444. The van der Waals surface area contributed by atoms with E-state index in [-0.39, 0.29) is 11.7 Å². The Hall–Kier alpha value is -1.79. The summed E-state index contributed by atoms with van der Waals surface area (Å²) in [7, 11) is 0. The van der Waals surface area contributed by atoms with E-state index in [2.05, 4.69) is 11.8 Å². The van der Waals surface area contributed by atoms with Gasteiger partial charge in [-0.2, -0.15) is 11.8 Å². The molecule has 1 aromatic rings. The maximum absolute atomic E-state index is 12.1. The number of amides is 1. The van der Waals surface area contributed by atoms with Crippen LogP contribution in [-0.2, 0) is 9.59 Å². The number of para-hydroxylation sites is 1. The Labute approximate surface area is 147 Å². The van der Waals surface area contributed by atoms with Gasteiger partial charge in [0.05, 0.1) is 5.75 Å². The van der Waals surface area contributed by atoms with E-state index in [4.69, 9.17) is 5.11 Å². The minimum atomic E-state index is -0.477. The molecule has 1 heterocycles. The van der Waals surface area contributed by atoms with Gasteiger partial charge in [0.2, 0.25) is 5.91 Å². The number of ketones is 1. The minimum absolute atomic E-state index is 0.211. The number of piperazine rings is 1. The van der Waals surface area contributed by atoms with E-state index in [1.54, 1.807) is 17.8 Å². The predicted octanol–water partition coefficient (Wildman–Crippen LogP) is 1.66. The normalized spacial score (nSPS) is 15.1. The third-order valence-corrected chi connectivity index (χ3v) is 4.80. The molecule has 0 atom stereocenters. The fourth-order valence-electron chi connectivity index (χ4n) is 2.63. The Morgan fingerprint density at radius 2 is 1.92 bits per heavy atom. The molecule has 130 valence electrons. The minimum Gasteiger partial charge on any atom is -0.388 e. The molecule has 5 nitrogen and oxygen atoms in total. The van der Waals surface area contributed by atoms with Crippen LogP contribution >= 0.6 is 11.8 Å². The van der Waals surface area contributed by atoms with Crippen LogP contribution in [0.15, 0.2) is 30.3 Å². The molecule has 24 heavy (non-hydrogen) atoms. The first-order valence-electron chi connectivity index (χ1n) is 8.17. The SMILES string of the molecule is CCSCC(=O)N1CCN(c2ccccc2/C=C/C(=O)CO)CC1. The molecule has 0 aromatic heterocycles. The van der Waals surface area contributed by atoms with Crippen molar-refractivity contribution >= 4 is 35.2 Å². The predicted molar refractivity (Wildman–Crippen MR) is 99.4 cm³/mol. The summed E-state index contributed by atoms with van der Waals surface area (Å²) in [5.41, 5.74) is 2.00. The topological polar surface area (TPSA) is 60.9 Å². The number of carbonyl (C=O) groups is 2. The Balaban J connectivity index is 2.00. The summed E-state index contributed by atoms with van der Waals surface area (Å²) in [5, 5.41) is 8.82. The number of hydrogen-bond acceptors (Lipinski definition) is 5. The van der Waals surface area contributed by atoms with Gasteiger partial charge in [-0.3, -0.25) is 9.59 Å². The number of aliphatic hydroxyl groups excluding tert-OH is 1. The lowest BCUT2D eigenvalue weighted by Crippen LogP contribution is -2.49. The molecule has 0 spiro atoms. The first kappa shape index (κ1) is 18.5. The van der Waals surface area contributed by atoms with Crippen LogP contribution in [0.2, 0.25) is 0 Å². The standard InChI is InChI=1S/C18H24N2O3S/c1-2-24-14-18(23)20-11-9-19(10-12-20)17-6-4-3-5-15(17)7-8-16(22)13-21/h3-8,21H,2,9-14H2,1H3/b8-7+. The average molecular weight is 348 g/mol. The van der Waals surface area contributed by atoms with E-state index in [0.717, 1.165) is 43.2 Å². The van der Waals surface area contributed by atoms with Crippen molar-refractivity contribution < 1.29 is 14.7 Å². The van der Waals surface area contributed by atoms with Crippen LogP contribution in [0.5, 0.6) is 0 Å². The second-order valence-electron chi connectivity index (χ2n) is 5.52. The van der Waals surface area contributed by atoms with E-state index in [1.807, 2.05) is 29.2 Å². The number of anilines is 1. The summed E-state index contributed by atoms with van der Waals surface area (Å²) < 4.78 is 0. The molecule has 0 bridgehead atoms. The van der Waals surface area contributed by atoms with Crippen molar-refractivity contribution in [3.63, 3.8) is 0 Å². The second-order valence-corrected chi connectivity index (χ2v) is 6.80. The molecule has 0 unspecified atom stereocenters. The van der Waals surface area contributed by atoms with Gasteiger partial charge in [0.25, 0.3) is 0 Å². The van der Waals surface area contributed by atoms with Crippen molar-refractivity contribution in [1.82, 2.24) is 4.90 Å². The van der Waals surface area contributed by atoms with E-state index >= 15 is 0 Å². The molecular weight excluding hydrogens is 324 g/mol. The summed E-state index contributed by atoms with van der Waals surface area (Å²) in [5.74, 6) is 1.41. The zero-order chi connectivity index (χ0) is 17.4. The lowest BCUT2D eigenvalue weighted by Gasteiger charge is -2.36. The number of thioether (sulfide) groups is 1. The molecule has 1 aliphatic rings. The summed E-state index contributed by atoms with van der Waals surface area (Å²) in [4.78, 5) is 27.5. The van der Waals surface area contributed by atoms with Gasteiger partial charge in [0, 0.05) is 31.9 Å². The van der Waals surface area contributed by atoms with Crippen LogP contribution in [0.4, 0.5) is 5.69 Å². The van der Waals surface area contributed by atoms with Crippen LogP contribution in [0.1, 0.15) is 12.5 Å². The highest BCUT2D eigenvalue weighted by Crippen LogP contribution is 2.23. The third kappa shape index (κ3) is 5.11. The monoisotopic (exact) mass is 348 g/mol. The number of carbonyl (C=O) groups excluding carboxylic acids is 2. The van der Waals surface area contributed by atoms with Crippen LogP contribution in [-0.4, -0.2) is 66.0 Å². The van der Waals surface area contributed by atoms with E-state index < -0.39 is 6.61 Å². The van der Waals surface area contributed by atoms with Crippen molar-refractivity contribution in [2.45, 2.75) is 6.92 Å². The first-order chi connectivity index (χ1) is 11.7. The molecule has 2 rings (SSSR count). The number of rotatable bonds is 7. The maximum atomic E-state index is 12.1. The van der Waals surface area contributed by atoms with Gasteiger partial charge in [0.15, 0.2) is 5.78 Å². The first-order valence-corrected chi connectivity index (χ1v) is 9.32. The van der Waals surface area contributed by atoms with Crippen LogP contribution in [0.3, 0.4) is 0 Å². The molecule has 1 aliphatic heterocycles. The summed E-state index contributed by atoms with van der Waals surface area (Å²) in [6, 6.07) is 7.86. The second kappa shape index (κ2) is 9.49. The Morgan fingerprint density at radius 3 is 2.58 bits per heavy atom. The van der Waals surface area contributed by atoms with Gasteiger partial charge < -0.3 is 14.9 Å². The lowest BCUT2D eigenvalue weighted by molar-refractivity contribution is -0.128. The van der Waals surface area contributed by atoms with Crippen LogP contribution < -0.4 is 4.90 Å². The van der Waals surface area contributed by atoms with E-state index in [0.29, 0.717) is 5.75 Å². The van der Waals surface area contributed by atoms with Crippen molar-refractivity contribution in [2.75, 3.05) is 49.2 Å². The molecule has 0 saturated carbocycles. The van der Waals surface area contributed by atoms with Crippen LogP contribution in [0, 0.1) is 0 Å². The molecule has 6 heteroatoms. The maximum Gasteiger partial charge on any atom is 0.232 e. The van der Waals surface area contributed by atoms with Gasteiger partial charge in [0.1, 0.15) is 6.61 Å². The molecule has 1 saturated heterocycles. The van der Waals surface area contributed by atoms with Gasteiger partial charge in [-0.1, -0.05) is 25.1 Å². The van der Waals surface area contributed by atoms with E-state index in [9.17, 15) is 9.59 Å². The average Bonchev–Trinajstić information content (AvgIpc) is 2.64. The third-order valence-electron chi connectivity index (χ3n) is 3.94. The lowest BCUT2D eigenvalue weighted by atomic mass is 10.1. The highest BCUT2D eigenvalue weighted by atomic mass is 32.2. The van der Waals surface area contributed by atoms with Crippen molar-refractivity contribution in [3.05, 3.63) is 35.9 Å². The summed E-state index contributed by atoms with van der Waals surface area (Å²) in [6.07, 6.45) is 3.14. The number of hydrogen-bond donors (Lipinski definition) is 1. The van der Waals surface area contributed by atoms with Gasteiger partial charge in [-0.05, 0) is 29.5 Å². The number of aliphatic hydroxyl groups is 1. The zero-order valence-corrected chi connectivity index (χ0v) is 14.8. The number of nitrogens with zero attached hydrogens (tertiary/aromatic N) is 2. The molecule has 1 fully saturated rings. The fourth-order valence-corrected chi connectivity index (χ4v) is 3.19. The van der Waals surface area contributed by atoms with Gasteiger partial charge in [-0.15, -0.1) is 0 Å². The van der Waals surface area contributed by atoms with Gasteiger partial charge >= 0.3 is 0 Å². The molecule has 0 radical (unpaired) electrons. The number of benzene rings is 1. The molecule has 1 amide bonds. The highest BCUT2D eigenvalue weighted by Gasteiger charge is 2.21. The highest BCUT2D eigenvalue weighted by molar-refractivity contribution is 7.99. The molecule has 0 aliphatic carbocycles. The van der Waals surface area contributed by atoms with Gasteiger partial charge in [-0.25, -0.2) is 0 Å². The quantitative estimate of drug-likeness (QED) is 0.760. The zero-order valence-electron chi connectivity index (χ0n) is 14.0.